The Morgan fingerprint density at radius 3 is 2.48 bits per heavy atom. The van der Waals surface area contributed by atoms with Gasteiger partial charge in [0.15, 0.2) is 11.6 Å². The van der Waals surface area contributed by atoms with Crippen LogP contribution in [-0.4, -0.2) is 19.0 Å². The van der Waals surface area contributed by atoms with Crippen LogP contribution >= 0.6 is 0 Å². The summed E-state index contributed by atoms with van der Waals surface area (Å²) < 4.78 is 50.2. The summed E-state index contributed by atoms with van der Waals surface area (Å²) >= 11 is 0. The van der Waals surface area contributed by atoms with Crippen LogP contribution in [0.4, 0.5) is 13.2 Å². The largest absolute Gasteiger partial charge is 0.466 e. The number of methoxy groups -OCH3 is 1. The molecule has 7 heteroatoms. The van der Waals surface area contributed by atoms with Crippen LogP contribution in [0.25, 0.3) is 0 Å². The van der Waals surface area contributed by atoms with Crippen LogP contribution in [0, 0.1) is 41.6 Å². The topological polar surface area (TPSA) is 52.6 Å². The number of hydrogen-bond acceptors (Lipinski definition) is 4. The number of ether oxygens (including phenoxy) is 2. The van der Waals surface area contributed by atoms with Crippen LogP contribution in [0.15, 0.2) is 18.2 Å². The molecule has 136 valence electrons. The zero-order valence-corrected chi connectivity index (χ0v) is 14.4. The highest BCUT2D eigenvalue weighted by molar-refractivity contribution is 5.83. The molecule has 1 aliphatic rings. The number of rotatable bonds is 5. The molecule has 1 aromatic rings. The summed E-state index contributed by atoms with van der Waals surface area (Å²) in [4.78, 5) is 23.4. The first-order valence-corrected chi connectivity index (χ1v) is 7.67. The van der Waals surface area contributed by atoms with Gasteiger partial charge in [-0.2, -0.15) is 0 Å². The molecule has 1 fully saturated rings. The summed E-state index contributed by atoms with van der Waals surface area (Å²) in [6.07, 6.45) is 2.79. The quantitative estimate of drug-likeness (QED) is 0.461. The molecule has 0 heterocycles. The van der Waals surface area contributed by atoms with E-state index < -0.39 is 47.3 Å². The second kappa shape index (κ2) is 6.90. The highest BCUT2D eigenvalue weighted by Crippen LogP contribution is 2.59. The Kier molecular flexibility index (Phi) is 5.25. The first kappa shape index (κ1) is 19.0. The number of benzene rings is 1. The van der Waals surface area contributed by atoms with Crippen molar-refractivity contribution < 1.29 is 32.2 Å². The Morgan fingerprint density at radius 2 is 1.88 bits per heavy atom. The molecule has 1 aliphatic carbocycles. The number of carbonyl (C=O) groups is 2. The molecule has 0 N–H and O–H groups in total. The van der Waals surface area contributed by atoms with E-state index in [4.69, 9.17) is 4.74 Å². The minimum Gasteiger partial charge on any atom is -0.466 e. The van der Waals surface area contributed by atoms with Crippen molar-refractivity contribution in [2.45, 2.75) is 27.4 Å². The van der Waals surface area contributed by atoms with Gasteiger partial charge in [-0.3, -0.25) is 4.79 Å². The predicted octanol–water partition coefficient (Wildman–Crippen LogP) is 3.46. The lowest BCUT2D eigenvalue weighted by Crippen LogP contribution is -2.13. The molecule has 0 spiro atoms. The maximum Gasteiger partial charge on any atom is 0.330 e. The van der Waals surface area contributed by atoms with Gasteiger partial charge in [0.25, 0.3) is 0 Å². The lowest BCUT2D eigenvalue weighted by Gasteiger charge is -2.10. The maximum atomic E-state index is 13.8. The summed E-state index contributed by atoms with van der Waals surface area (Å²) in [5.41, 5.74) is -0.877. The summed E-state index contributed by atoms with van der Waals surface area (Å²) in [6, 6.07) is 0.452. The molecule has 0 bridgehead atoms. The highest BCUT2D eigenvalue weighted by Gasteiger charge is 2.61. The smallest absolute Gasteiger partial charge is 0.330 e. The number of allylic oxidation sites excluding steroid dienone is 1. The first-order valence-electron chi connectivity index (χ1n) is 7.67. The lowest BCUT2D eigenvalue weighted by atomic mass is 10.1. The van der Waals surface area contributed by atoms with E-state index >= 15 is 0 Å². The molecule has 0 aromatic heterocycles. The van der Waals surface area contributed by atoms with E-state index in [0.717, 1.165) is 0 Å². The summed E-state index contributed by atoms with van der Waals surface area (Å²) in [7, 11) is 1.24. The van der Waals surface area contributed by atoms with E-state index in [2.05, 4.69) is 4.74 Å². The van der Waals surface area contributed by atoms with Gasteiger partial charge in [0.1, 0.15) is 12.4 Å². The predicted molar refractivity (Wildman–Crippen MR) is 82.8 cm³/mol. The Bertz CT molecular complexity index is 714. The van der Waals surface area contributed by atoms with Crippen LogP contribution in [0.1, 0.15) is 25.0 Å². The number of hydrogen-bond donors (Lipinski definition) is 0. The SMILES string of the molecule is COC(=O)/C=C\[C@H]1[C@@H](C(=O)OCc2c(C)c(F)cc(F)c2F)C1(C)C. The van der Waals surface area contributed by atoms with Crippen LogP contribution in [-0.2, 0) is 25.7 Å². The van der Waals surface area contributed by atoms with E-state index in [-0.39, 0.29) is 17.0 Å². The average molecular weight is 356 g/mol. The molecule has 0 aliphatic heterocycles. The van der Waals surface area contributed by atoms with E-state index in [9.17, 15) is 22.8 Å². The molecular formula is C18H19F3O4. The normalized spacial score (nSPS) is 21.2. The summed E-state index contributed by atoms with van der Waals surface area (Å²) in [5, 5.41) is 0. The van der Waals surface area contributed by atoms with Crippen molar-refractivity contribution in [1.82, 2.24) is 0 Å². The Labute approximate surface area is 143 Å². The van der Waals surface area contributed by atoms with Gasteiger partial charge in [-0.05, 0) is 23.8 Å². The first-order chi connectivity index (χ1) is 11.6. The van der Waals surface area contributed by atoms with Crippen molar-refractivity contribution in [3.05, 3.63) is 46.8 Å². The number of halogens is 3. The Morgan fingerprint density at radius 1 is 1.24 bits per heavy atom. The van der Waals surface area contributed by atoms with Gasteiger partial charge in [-0.1, -0.05) is 19.9 Å². The molecule has 0 radical (unpaired) electrons. The number of carbonyl (C=O) groups excluding carboxylic acids is 2. The number of esters is 2. The highest BCUT2D eigenvalue weighted by atomic mass is 19.2. The Balaban J connectivity index is 2.07. The van der Waals surface area contributed by atoms with Crippen LogP contribution < -0.4 is 0 Å². The van der Waals surface area contributed by atoms with Crippen molar-refractivity contribution in [2.24, 2.45) is 17.3 Å². The van der Waals surface area contributed by atoms with Crippen molar-refractivity contribution in [3.8, 4) is 0 Å². The van der Waals surface area contributed by atoms with E-state index in [0.29, 0.717) is 6.07 Å². The molecule has 4 nitrogen and oxygen atoms in total. The van der Waals surface area contributed by atoms with Gasteiger partial charge in [-0.25, -0.2) is 18.0 Å². The second-order valence-electron chi connectivity index (χ2n) is 6.57. The van der Waals surface area contributed by atoms with Gasteiger partial charge >= 0.3 is 11.9 Å². The van der Waals surface area contributed by atoms with Gasteiger partial charge in [0, 0.05) is 17.7 Å². The van der Waals surface area contributed by atoms with E-state index in [1.807, 2.05) is 13.8 Å². The third-order valence-electron chi connectivity index (χ3n) is 4.70. The van der Waals surface area contributed by atoms with Gasteiger partial charge < -0.3 is 9.47 Å². The molecular weight excluding hydrogens is 337 g/mol. The Hall–Kier alpha value is -2.31. The van der Waals surface area contributed by atoms with Crippen molar-refractivity contribution >= 4 is 11.9 Å². The maximum absolute atomic E-state index is 13.8. The molecule has 1 saturated carbocycles. The molecule has 0 amide bonds. The molecule has 2 atom stereocenters. The third kappa shape index (κ3) is 3.70. The van der Waals surface area contributed by atoms with Crippen LogP contribution in [0.5, 0.6) is 0 Å². The summed E-state index contributed by atoms with van der Waals surface area (Å²) in [5.74, 6) is -5.40. The fraction of sp³-hybridized carbons (Fsp3) is 0.444. The van der Waals surface area contributed by atoms with Crippen molar-refractivity contribution in [2.75, 3.05) is 7.11 Å². The second-order valence-corrected chi connectivity index (χ2v) is 6.57. The standard InChI is InChI=1S/C18H19F3O4/c1-9-10(16(21)13(20)7-12(9)19)8-25-17(23)15-11(18(15,2)3)5-6-14(22)24-4/h5-7,11,15H,8H2,1-4H3/b6-5-/t11-,15-/m0/s1. The third-order valence-corrected chi connectivity index (χ3v) is 4.70. The van der Waals surface area contributed by atoms with Crippen LogP contribution in [0.2, 0.25) is 0 Å². The van der Waals surface area contributed by atoms with Crippen molar-refractivity contribution in [3.63, 3.8) is 0 Å². The monoisotopic (exact) mass is 356 g/mol. The lowest BCUT2D eigenvalue weighted by molar-refractivity contribution is -0.147. The summed E-state index contributed by atoms with van der Waals surface area (Å²) in [6.45, 7) is 4.35. The minimum absolute atomic E-state index is 0.108. The molecule has 25 heavy (non-hydrogen) atoms. The average Bonchev–Trinajstić information content (AvgIpc) is 3.11. The van der Waals surface area contributed by atoms with E-state index in [1.54, 1.807) is 6.08 Å². The zero-order chi connectivity index (χ0) is 18.9. The van der Waals surface area contributed by atoms with Crippen molar-refractivity contribution in [1.29, 1.82) is 0 Å². The molecule has 0 unspecified atom stereocenters. The van der Waals surface area contributed by atoms with Crippen LogP contribution in [0.3, 0.4) is 0 Å². The van der Waals surface area contributed by atoms with E-state index in [1.165, 1.54) is 20.1 Å². The fourth-order valence-corrected chi connectivity index (χ4v) is 2.88. The zero-order valence-electron chi connectivity index (χ0n) is 14.4. The fourth-order valence-electron chi connectivity index (χ4n) is 2.88. The molecule has 0 saturated heterocycles. The molecule has 2 rings (SSSR count). The van der Waals surface area contributed by atoms with Gasteiger partial charge in [0.05, 0.1) is 13.0 Å². The molecule has 1 aromatic carbocycles. The van der Waals surface area contributed by atoms with Gasteiger partial charge in [-0.15, -0.1) is 0 Å². The minimum atomic E-state index is -1.33. The van der Waals surface area contributed by atoms with Gasteiger partial charge in [0.2, 0.25) is 0 Å².